The van der Waals surface area contributed by atoms with Crippen molar-refractivity contribution in [2.75, 3.05) is 18.0 Å². The Kier molecular flexibility index (Phi) is 5.16. The summed E-state index contributed by atoms with van der Waals surface area (Å²) in [5.74, 6) is 6.48. The number of imidazole rings is 1. The molecule has 0 aromatic carbocycles. The van der Waals surface area contributed by atoms with E-state index in [0.29, 0.717) is 30.2 Å². The van der Waals surface area contributed by atoms with Gasteiger partial charge in [0.1, 0.15) is 5.52 Å². The topological polar surface area (TPSA) is 96.2 Å². The molecule has 1 aliphatic rings. The Morgan fingerprint density at radius 3 is 2.92 bits per heavy atom. The third-order valence-electron chi connectivity index (χ3n) is 3.96. The quantitative estimate of drug-likeness (QED) is 0.480. The van der Waals surface area contributed by atoms with Crippen LogP contribution < -0.4 is 10.2 Å². The molecule has 1 atom stereocenters. The third-order valence-corrected chi connectivity index (χ3v) is 4.39. The van der Waals surface area contributed by atoms with Crippen molar-refractivity contribution >= 4 is 46.4 Å². The number of piperidine rings is 1. The van der Waals surface area contributed by atoms with Crippen LogP contribution in [0.4, 0.5) is 10.7 Å². The number of halogens is 2. The van der Waals surface area contributed by atoms with Gasteiger partial charge in [-0.05, 0) is 31.4 Å². The van der Waals surface area contributed by atoms with Crippen LogP contribution in [0, 0.1) is 11.8 Å². The summed E-state index contributed by atoms with van der Waals surface area (Å²) in [4.78, 5) is 25.6. The van der Waals surface area contributed by atoms with Gasteiger partial charge in [0, 0.05) is 19.1 Å². The van der Waals surface area contributed by atoms with Crippen LogP contribution in [0.25, 0.3) is 11.2 Å². The number of fused-ring (bicyclic) bond motifs is 1. The van der Waals surface area contributed by atoms with Crippen molar-refractivity contribution in [2.24, 2.45) is 0 Å². The van der Waals surface area contributed by atoms with E-state index in [9.17, 15) is 4.79 Å². The van der Waals surface area contributed by atoms with Gasteiger partial charge in [0.05, 0.1) is 6.54 Å². The first-order chi connectivity index (χ1) is 12.0. The van der Waals surface area contributed by atoms with Crippen molar-refractivity contribution in [3.63, 3.8) is 0 Å². The summed E-state index contributed by atoms with van der Waals surface area (Å²) in [5.41, 5.74) is 0.961. The molecular formula is C15H16Cl2N6O2. The number of hydrogen-bond donors (Lipinski definition) is 2. The summed E-state index contributed by atoms with van der Waals surface area (Å²) in [5, 5.41) is 11.7. The molecule has 2 N–H and O–H groups in total. The van der Waals surface area contributed by atoms with Crippen LogP contribution in [-0.2, 0) is 6.54 Å². The monoisotopic (exact) mass is 382 g/mol. The molecule has 2 aromatic heterocycles. The fourth-order valence-electron chi connectivity index (χ4n) is 2.96. The van der Waals surface area contributed by atoms with E-state index >= 15 is 0 Å². The lowest BCUT2D eigenvalue weighted by Gasteiger charge is -2.33. The molecule has 3 rings (SSSR count). The van der Waals surface area contributed by atoms with Crippen molar-refractivity contribution in [1.29, 1.82) is 0 Å². The summed E-state index contributed by atoms with van der Waals surface area (Å²) in [6.07, 6.45) is 0.593. The van der Waals surface area contributed by atoms with E-state index in [2.05, 4.69) is 32.1 Å². The molecule has 25 heavy (non-hydrogen) atoms. The summed E-state index contributed by atoms with van der Waals surface area (Å²) < 4.78 is 1.84. The molecule has 1 amide bonds. The summed E-state index contributed by atoms with van der Waals surface area (Å²) >= 11 is 12.1. The number of anilines is 1. The maximum absolute atomic E-state index is 10.9. The van der Waals surface area contributed by atoms with Crippen molar-refractivity contribution in [1.82, 2.24) is 24.8 Å². The number of aromatic nitrogens is 4. The van der Waals surface area contributed by atoms with Gasteiger partial charge in [-0.15, -0.1) is 5.92 Å². The minimum Gasteiger partial charge on any atom is -0.465 e. The molecule has 3 heterocycles. The molecule has 10 heteroatoms. The van der Waals surface area contributed by atoms with E-state index in [-0.39, 0.29) is 16.5 Å². The fraction of sp³-hybridized carbons (Fsp3) is 0.467. The number of carbonyl (C=O) groups is 1. The molecule has 1 unspecified atom stereocenters. The van der Waals surface area contributed by atoms with Gasteiger partial charge in [0.25, 0.3) is 0 Å². The Balaban J connectivity index is 2.03. The zero-order chi connectivity index (χ0) is 18.0. The third kappa shape index (κ3) is 3.72. The van der Waals surface area contributed by atoms with Gasteiger partial charge in [-0.25, -0.2) is 9.78 Å². The van der Waals surface area contributed by atoms with Crippen molar-refractivity contribution in [3.05, 3.63) is 10.4 Å². The first-order valence-corrected chi connectivity index (χ1v) is 8.48. The molecule has 1 aliphatic heterocycles. The Morgan fingerprint density at radius 1 is 1.40 bits per heavy atom. The van der Waals surface area contributed by atoms with Gasteiger partial charge in [0.15, 0.2) is 10.8 Å². The van der Waals surface area contributed by atoms with Crippen LogP contribution in [0.15, 0.2) is 0 Å². The number of carboxylic acid groups (broad SMARTS) is 1. The Morgan fingerprint density at radius 2 is 2.20 bits per heavy atom. The van der Waals surface area contributed by atoms with Gasteiger partial charge < -0.3 is 15.3 Å². The first-order valence-electron chi connectivity index (χ1n) is 7.73. The lowest BCUT2D eigenvalue weighted by Crippen LogP contribution is -2.48. The Labute approximate surface area is 154 Å². The van der Waals surface area contributed by atoms with E-state index < -0.39 is 6.09 Å². The number of nitrogens with one attached hydrogen (secondary N) is 1. The average molecular weight is 383 g/mol. The highest BCUT2D eigenvalue weighted by Gasteiger charge is 2.26. The van der Waals surface area contributed by atoms with Gasteiger partial charge in [-0.3, -0.25) is 4.57 Å². The molecule has 0 aliphatic carbocycles. The van der Waals surface area contributed by atoms with Crippen molar-refractivity contribution < 1.29 is 9.90 Å². The van der Waals surface area contributed by atoms with Crippen LogP contribution in [0.1, 0.15) is 19.8 Å². The molecule has 0 bridgehead atoms. The second kappa shape index (κ2) is 7.33. The summed E-state index contributed by atoms with van der Waals surface area (Å²) in [6, 6.07) is -0.165. The summed E-state index contributed by atoms with van der Waals surface area (Å²) in [7, 11) is 0. The van der Waals surface area contributed by atoms with Gasteiger partial charge in [-0.2, -0.15) is 9.97 Å². The molecule has 2 aromatic rings. The molecule has 8 nitrogen and oxygen atoms in total. The highest BCUT2D eigenvalue weighted by molar-refractivity contribution is 6.35. The van der Waals surface area contributed by atoms with E-state index in [1.807, 2.05) is 9.47 Å². The highest BCUT2D eigenvalue weighted by atomic mass is 35.5. The second-order valence-corrected chi connectivity index (χ2v) is 6.31. The SMILES string of the molecule is CC#CCn1c(N2CCCC(NC(=O)O)C2)nc2nc(Cl)nc(Cl)c21. The maximum Gasteiger partial charge on any atom is 0.404 e. The van der Waals surface area contributed by atoms with Gasteiger partial charge in [-0.1, -0.05) is 17.5 Å². The average Bonchev–Trinajstić information content (AvgIpc) is 2.91. The van der Waals surface area contributed by atoms with Crippen LogP contribution in [0.5, 0.6) is 0 Å². The predicted molar refractivity (Wildman–Crippen MR) is 95.2 cm³/mol. The number of amides is 1. The molecular weight excluding hydrogens is 367 g/mol. The zero-order valence-corrected chi connectivity index (χ0v) is 15.0. The van der Waals surface area contributed by atoms with Gasteiger partial charge >= 0.3 is 6.09 Å². The largest absolute Gasteiger partial charge is 0.465 e. The lowest BCUT2D eigenvalue weighted by molar-refractivity contribution is 0.188. The predicted octanol–water partition coefficient (Wildman–Crippen LogP) is 2.39. The standard InChI is InChI=1S/C15H16Cl2N6O2/c1-2-3-7-23-10-11(16)19-13(17)20-12(10)21-14(23)22-6-4-5-9(8-22)18-15(24)25/h9,18H,4-8H2,1H3,(H,24,25). The molecule has 0 spiro atoms. The highest BCUT2D eigenvalue weighted by Crippen LogP contribution is 2.29. The lowest BCUT2D eigenvalue weighted by atomic mass is 10.1. The number of nitrogens with zero attached hydrogens (tertiary/aromatic N) is 5. The molecule has 1 fully saturated rings. The molecule has 0 radical (unpaired) electrons. The minimum absolute atomic E-state index is 0.0272. The van der Waals surface area contributed by atoms with E-state index in [4.69, 9.17) is 28.3 Å². The van der Waals surface area contributed by atoms with Crippen LogP contribution in [0.3, 0.4) is 0 Å². The van der Waals surface area contributed by atoms with Crippen molar-refractivity contribution in [3.8, 4) is 11.8 Å². The van der Waals surface area contributed by atoms with Crippen LogP contribution in [-0.4, -0.2) is 49.9 Å². The summed E-state index contributed by atoms with van der Waals surface area (Å²) in [6.45, 7) is 3.38. The van der Waals surface area contributed by atoms with Crippen LogP contribution >= 0.6 is 23.2 Å². The van der Waals surface area contributed by atoms with E-state index in [1.165, 1.54) is 0 Å². The zero-order valence-electron chi connectivity index (χ0n) is 13.5. The van der Waals surface area contributed by atoms with Crippen molar-refractivity contribution in [2.45, 2.75) is 32.4 Å². The molecule has 1 saturated heterocycles. The number of hydrogen-bond acceptors (Lipinski definition) is 5. The van der Waals surface area contributed by atoms with E-state index in [1.54, 1.807) is 6.92 Å². The second-order valence-electron chi connectivity index (χ2n) is 5.62. The normalized spacial score (nSPS) is 17.2. The molecule has 0 saturated carbocycles. The maximum atomic E-state index is 10.9. The van der Waals surface area contributed by atoms with E-state index in [0.717, 1.165) is 19.4 Å². The van der Waals surface area contributed by atoms with Crippen LogP contribution in [0.2, 0.25) is 10.4 Å². The Bertz CT molecular complexity index is 872. The number of rotatable bonds is 3. The van der Waals surface area contributed by atoms with Gasteiger partial charge in [0.2, 0.25) is 11.2 Å². The smallest absolute Gasteiger partial charge is 0.404 e. The fourth-order valence-corrected chi connectivity index (χ4v) is 3.43. The first kappa shape index (κ1) is 17.6. The minimum atomic E-state index is -1.03. The Hall–Kier alpha value is -2.24. The molecule has 132 valence electrons.